The van der Waals surface area contributed by atoms with E-state index in [0.717, 1.165) is 23.8 Å². The molecule has 0 saturated carbocycles. The fourth-order valence-corrected chi connectivity index (χ4v) is 2.88. The van der Waals surface area contributed by atoms with Crippen molar-refractivity contribution in [2.45, 2.75) is 6.36 Å². The number of alkyl halides is 3. The van der Waals surface area contributed by atoms with Crippen LogP contribution in [0.3, 0.4) is 0 Å². The summed E-state index contributed by atoms with van der Waals surface area (Å²) in [5, 5.41) is 18.3. The lowest BCUT2D eigenvalue weighted by atomic mass is 9.99. The quantitative estimate of drug-likeness (QED) is 0.362. The molecule has 1 amide bonds. The zero-order valence-corrected chi connectivity index (χ0v) is 16.9. The van der Waals surface area contributed by atoms with E-state index in [0.29, 0.717) is 16.8 Å². The highest BCUT2D eigenvalue weighted by molar-refractivity contribution is 6.10. The van der Waals surface area contributed by atoms with Crippen LogP contribution in [0.25, 0.3) is 11.1 Å². The first-order valence-electron chi connectivity index (χ1n) is 9.25. The molecule has 0 atom stereocenters. The molecule has 0 aliphatic carbocycles. The zero-order chi connectivity index (χ0) is 23.3. The molecule has 3 rings (SSSR count). The van der Waals surface area contributed by atoms with Crippen molar-refractivity contribution in [3.05, 3.63) is 67.1 Å². The van der Waals surface area contributed by atoms with E-state index in [1.54, 1.807) is 30.2 Å². The van der Waals surface area contributed by atoms with E-state index in [4.69, 9.17) is 5.41 Å². The Balaban J connectivity index is 1.95. The molecule has 0 spiro atoms. The van der Waals surface area contributed by atoms with Gasteiger partial charge in [0.2, 0.25) is 5.91 Å². The van der Waals surface area contributed by atoms with Crippen LogP contribution < -0.4 is 15.4 Å². The van der Waals surface area contributed by atoms with Gasteiger partial charge in [0.05, 0.1) is 18.5 Å². The molecule has 2 heterocycles. The Bertz CT molecular complexity index is 1140. The Hall–Kier alpha value is -4.15. The molecule has 0 aliphatic rings. The first-order chi connectivity index (χ1) is 15.2. The molecular formula is C21H19F3N6O2. The van der Waals surface area contributed by atoms with Crippen molar-refractivity contribution in [3.8, 4) is 16.9 Å². The Labute approximate surface area is 181 Å². The minimum Gasteiger partial charge on any atom is -0.406 e. The van der Waals surface area contributed by atoms with Crippen LogP contribution in [0.1, 0.15) is 5.56 Å². The van der Waals surface area contributed by atoms with Gasteiger partial charge in [-0.05, 0) is 42.0 Å². The van der Waals surface area contributed by atoms with Crippen LogP contribution in [-0.4, -0.2) is 39.3 Å². The average molecular weight is 444 g/mol. The van der Waals surface area contributed by atoms with Gasteiger partial charge in [-0.25, -0.2) is 4.98 Å². The summed E-state index contributed by atoms with van der Waals surface area (Å²) in [5.41, 5.74) is 2.26. The monoisotopic (exact) mass is 444 g/mol. The molecule has 11 heteroatoms. The fraction of sp³-hybridized carbons (Fsp3) is 0.143. The van der Waals surface area contributed by atoms with Crippen molar-refractivity contribution >= 4 is 23.1 Å². The highest BCUT2D eigenvalue weighted by Gasteiger charge is 2.31. The number of halogens is 3. The predicted molar refractivity (Wildman–Crippen MR) is 113 cm³/mol. The number of nitrogens with zero attached hydrogens (tertiary/aromatic N) is 3. The summed E-state index contributed by atoms with van der Waals surface area (Å²) in [6.07, 6.45) is 1.24. The minimum absolute atomic E-state index is 0.0617. The Morgan fingerprint density at radius 2 is 2.00 bits per heavy atom. The summed E-state index contributed by atoms with van der Waals surface area (Å²) >= 11 is 0. The maximum absolute atomic E-state index is 12.4. The van der Waals surface area contributed by atoms with Crippen molar-refractivity contribution in [2.75, 3.05) is 11.9 Å². The van der Waals surface area contributed by atoms with Crippen LogP contribution in [0.4, 0.5) is 24.7 Å². The number of aromatic nitrogens is 3. The molecule has 1 aromatic carbocycles. The van der Waals surface area contributed by atoms with Crippen molar-refractivity contribution in [3.63, 3.8) is 0 Å². The molecule has 0 radical (unpaired) electrons. The average Bonchev–Trinajstić information content (AvgIpc) is 3.18. The number of hydrogen-bond acceptors (Lipinski definition) is 6. The van der Waals surface area contributed by atoms with E-state index < -0.39 is 12.3 Å². The summed E-state index contributed by atoms with van der Waals surface area (Å²) in [5.74, 6) is -0.509. The molecule has 0 bridgehead atoms. The van der Waals surface area contributed by atoms with Gasteiger partial charge in [-0.1, -0.05) is 6.58 Å². The molecule has 3 N–H and O–H groups in total. The van der Waals surface area contributed by atoms with Crippen LogP contribution in [0.2, 0.25) is 0 Å². The smallest absolute Gasteiger partial charge is 0.406 e. The van der Waals surface area contributed by atoms with Gasteiger partial charge in [0.15, 0.2) is 0 Å². The van der Waals surface area contributed by atoms with E-state index in [-0.39, 0.29) is 23.8 Å². The maximum atomic E-state index is 12.4. The fourth-order valence-electron chi connectivity index (χ4n) is 2.88. The normalized spacial score (nSPS) is 11.0. The third-order valence-corrected chi connectivity index (χ3v) is 4.24. The molecule has 32 heavy (non-hydrogen) atoms. The predicted octanol–water partition coefficient (Wildman–Crippen LogP) is 3.79. The van der Waals surface area contributed by atoms with E-state index in [1.165, 1.54) is 18.3 Å². The summed E-state index contributed by atoms with van der Waals surface area (Å²) in [7, 11) is 1.75. The van der Waals surface area contributed by atoms with Crippen LogP contribution in [0.15, 0.2) is 61.6 Å². The van der Waals surface area contributed by atoms with E-state index in [9.17, 15) is 18.0 Å². The van der Waals surface area contributed by atoms with Gasteiger partial charge in [0.25, 0.3) is 0 Å². The number of nitrogens with one attached hydrogen (secondary N) is 3. The molecule has 2 aromatic heterocycles. The molecule has 0 fully saturated rings. The number of pyridine rings is 1. The van der Waals surface area contributed by atoms with Gasteiger partial charge in [-0.2, -0.15) is 5.10 Å². The first-order valence-corrected chi connectivity index (χ1v) is 9.25. The maximum Gasteiger partial charge on any atom is 0.573 e. The van der Waals surface area contributed by atoms with Crippen LogP contribution >= 0.6 is 0 Å². The second-order valence-electron chi connectivity index (χ2n) is 6.58. The molecule has 8 nitrogen and oxygen atoms in total. The number of hydrogen-bond donors (Lipinski definition) is 3. The lowest BCUT2D eigenvalue weighted by Crippen LogP contribution is -2.28. The standard InChI is InChI=1S/C21H19F3N6O2/c1-3-18(31)27-11-17(25)19-16(13-10-28-30(2)12-13)8-9-26-20(19)29-14-4-6-15(7-5-14)32-21(22,23)24/h3-10,12,25H,1,11H2,2H3,(H,26,29)(H,27,31). The van der Waals surface area contributed by atoms with Crippen LogP contribution in [0.5, 0.6) is 5.75 Å². The lowest BCUT2D eigenvalue weighted by molar-refractivity contribution is -0.274. The van der Waals surface area contributed by atoms with Gasteiger partial charge < -0.3 is 20.8 Å². The topological polar surface area (TPSA) is 105 Å². The highest BCUT2D eigenvalue weighted by atomic mass is 19.4. The van der Waals surface area contributed by atoms with Gasteiger partial charge in [-0.3, -0.25) is 9.48 Å². The SMILES string of the molecule is C=CC(=O)NCC(=N)c1c(-c2cnn(C)c2)ccnc1Nc1ccc(OC(F)(F)F)cc1. The summed E-state index contributed by atoms with van der Waals surface area (Å²) in [6.45, 7) is 3.30. The number of anilines is 2. The van der Waals surface area contributed by atoms with Gasteiger partial charge >= 0.3 is 6.36 Å². The number of benzene rings is 1. The second-order valence-corrected chi connectivity index (χ2v) is 6.58. The van der Waals surface area contributed by atoms with E-state index in [2.05, 4.69) is 32.0 Å². The number of amides is 1. The zero-order valence-electron chi connectivity index (χ0n) is 16.9. The second kappa shape index (κ2) is 9.33. The molecular weight excluding hydrogens is 425 g/mol. The molecule has 166 valence electrons. The molecule has 3 aromatic rings. The Kier molecular flexibility index (Phi) is 6.57. The summed E-state index contributed by atoms with van der Waals surface area (Å²) in [6, 6.07) is 6.83. The number of ether oxygens (including phenoxy) is 1. The molecule has 0 saturated heterocycles. The van der Waals surface area contributed by atoms with Gasteiger partial charge in [0, 0.05) is 36.3 Å². The lowest BCUT2D eigenvalue weighted by Gasteiger charge is -2.16. The highest BCUT2D eigenvalue weighted by Crippen LogP contribution is 2.31. The van der Waals surface area contributed by atoms with E-state index in [1.807, 2.05) is 0 Å². The number of aryl methyl sites for hydroxylation is 1. The largest absolute Gasteiger partial charge is 0.573 e. The van der Waals surface area contributed by atoms with E-state index >= 15 is 0 Å². The van der Waals surface area contributed by atoms with Crippen LogP contribution in [-0.2, 0) is 11.8 Å². The summed E-state index contributed by atoms with van der Waals surface area (Å²) < 4.78 is 42.6. The number of carbonyl (C=O) groups excluding carboxylic acids is 1. The third kappa shape index (κ3) is 5.72. The van der Waals surface area contributed by atoms with Crippen molar-refractivity contribution in [1.29, 1.82) is 5.41 Å². The Morgan fingerprint density at radius 1 is 1.28 bits per heavy atom. The number of carbonyl (C=O) groups is 1. The van der Waals surface area contributed by atoms with Crippen molar-refractivity contribution < 1.29 is 22.7 Å². The van der Waals surface area contributed by atoms with Crippen molar-refractivity contribution in [2.24, 2.45) is 7.05 Å². The summed E-state index contributed by atoms with van der Waals surface area (Å²) in [4.78, 5) is 15.8. The van der Waals surface area contributed by atoms with Crippen molar-refractivity contribution in [1.82, 2.24) is 20.1 Å². The third-order valence-electron chi connectivity index (χ3n) is 4.24. The minimum atomic E-state index is -4.79. The first kappa shape index (κ1) is 22.5. The molecule has 0 aliphatic heterocycles. The van der Waals surface area contributed by atoms with Gasteiger partial charge in [-0.15, -0.1) is 13.2 Å². The number of rotatable bonds is 8. The van der Waals surface area contributed by atoms with Crippen LogP contribution in [0, 0.1) is 5.41 Å². The van der Waals surface area contributed by atoms with Gasteiger partial charge in [0.1, 0.15) is 11.6 Å². The molecule has 0 unspecified atom stereocenters. The Morgan fingerprint density at radius 3 is 2.59 bits per heavy atom.